The van der Waals surface area contributed by atoms with Crippen LogP contribution >= 0.6 is 11.5 Å². The fourth-order valence-electron chi connectivity index (χ4n) is 4.08. The Balaban J connectivity index is 1.59. The Kier molecular flexibility index (Phi) is 4.78. The van der Waals surface area contributed by atoms with Crippen molar-refractivity contribution in [1.82, 2.24) is 19.1 Å². The monoisotopic (exact) mass is 399 g/mol. The molecule has 5 rings (SSSR count). The van der Waals surface area contributed by atoms with E-state index in [1.165, 1.54) is 17.1 Å². The first-order chi connectivity index (χ1) is 13.7. The lowest BCUT2D eigenvalue weighted by atomic mass is 10.1. The summed E-state index contributed by atoms with van der Waals surface area (Å²) in [5, 5.41) is 4.55. The minimum atomic E-state index is -0.0148. The minimum absolute atomic E-state index is 0.0148. The van der Waals surface area contributed by atoms with Gasteiger partial charge >= 0.3 is 0 Å². The molecule has 7 nitrogen and oxygen atoms in total. The van der Waals surface area contributed by atoms with Gasteiger partial charge in [-0.15, -0.1) is 0 Å². The lowest BCUT2D eigenvalue weighted by Gasteiger charge is -2.34. The van der Waals surface area contributed by atoms with E-state index >= 15 is 0 Å². The normalized spacial score (nSPS) is 23.4. The Morgan fingerprint density at radius 2 is 2.18 bits per heavy atom. The van der Waals surface area contributed by atoms with Crippen molar-refractivity contribution in [1.29, 1.82) is 0 Å². The summed E-state index contributed by atoms with van der Waals surface area (Å²) in [6, 6.07) is 4.51. The van der Waals surface area contributed by atoms with Crippen molar-refractivity contribution in [2.24, 2.45) is 0 Å². The number of aromatic nitrogens is 4. The average molecular weight is 400 g/mol. The summed E-state index contributed by atoms with van der Waals surface area (Å²) in [6.07, 6.45) is 5.09. The van der Waals surface area contributed by atoms with Crippen molar-refractivity contribution in [3.05, 3.63) is 23.9 Å². The SMILES string of the molecule is Cc1cc(N2CCOC[C@H]2C)nc2c(-c3ccnn3C3CCCCO3)nsc12. The van der Waals surface area contributed by atoms with Crippen LogP contribution in [0.5, 0.6) is 0 Å². The molecule has 28 heavy (non-hydrogen) atoms. The number of pyridine rings is 1. The lowest BCUT2D eigenvalue weighted by Crippen LogP contribution is -2.44. The van der Waals surface area contributed by atoms with E-state index < -0.39 is 0 Å². The van der Waals surface area contributed by atoms with Gasteiger partial charge in [0.15, 0.2) is 6.23 Å². The second kappa shape index (κ2) is 7.42. The van der Waals surface area contributed by atoms with Gasteiger partial charge in [0, 0.05) is 19.3 Å². The first-order valence-corrected chi connectivity index (χ1v) is 10.8. The van der Waals surface area contributed by atoms with Gasteiger partial charge in [0.2, 0.25) is 0 Å². The second-order valence-corrected chi connectivity index (χ2v) is 8.38. The molecule has 0 N–H and O–H groups in total. The van der Waals surface area contributed by atoms with Crippen molar-refractivity contribution >= 4 is 27.6 Å². The number of morpholine rings is 1. The van der Waals surface area contributed by atoms with Gasteiger partial charge in [-0.3, -0.25) is 0 Å². The number of anilines is 1. The largest absolute Gasteiger partial charge is 0.377 e. The predicted molar refractivity (Wildman–Crippen MR) is 110 cm³/mol. The molecule has 2 saturated heterocycles. The molecule has 2 fully saturated rings. The summed E-state index contributed by atoms with van der Waals surface area (Å²) in [6.45, 7) is 7.45. The molecule has 3 aromatic rings. The quantitative estimate of drug-likeness (QED) is 0.668. The molecule has 148 valence electrons. The molecule has 2 aliphatic heterocycles. The molecule has 0 aliphatic carbocycles. The first kappa shape index (κ1) is 18.0. The number of aryl methyl sites for hydroxylation is 1. The Morgan fingerprint density at radius 1 is 1.25 bits per heavy atom. The minimum Gasteiger partial charge on any atom is -0.377 e. The molecule has 2 aliphatic rings. The van der Waals surface area contributed by atoms with Crippen LogP contribution < -0.4 is 4.90 Å². The number of rotatable bonds is 3. The first-order valence-electron chi connectivity index (χ1n) is 9.99. The third-order valence-corrected chi connectivity index (χ3v) is 6.57. The molecule has 2 atom stereocenters. The molecule has 8 heteroatoms. The Morgan fingerprint density at radius 3 is 3.00 bits per heavy atom. The molecule has 3 aromatic heterocycles. The van der Waals surface area contributed by atoms with Gasteiger partial charge < -0.3 is 14.4 Å². The maximum atomic E-state index is 5.96. The zero-order chi connectivity index (χ0) is 19.1. The third-order valence-electron chi connectivity index (χ3n) is 5.60. The van der Waals surface area contributed by atoms with Crippen molar-refractivity contribution in [2.75, 3.05) is 31.3 Å². The number of hydrogen-bond donors (Lipinski definition) is 0. The molecular formula is C20H25N5O2S. The van der Waals surface area contributed by atoms with E-state index in [1.54, 1.807) is 0 Å². The summed E-state index contributed by atoms with van der Waals surface area (Å²) in [7, 11) is 0. The molecule has 0 amide bonds. The van der Waals surface area contributed by atoms with E-state index in [0.29, 0.717) is 6.04 Å². The predicted octanol–water partition coefficient (Wildman–Crippen LogP) is 3.79. The number of ether oxygens (including phenoxy) is 2. The molecule has 5 heterocycles. The highest BCUT2D eigenvalue weighted by Gasteiger charge is 2.25. The highest BCUT2D eigenvalue weighted by Crippen LogP contribution is 2.36. The second-order valence-electron chi connectivity index (χ2n) is 7.61. The molecule has 0 aromatic carbocycles. The summed E-state index contributed by atoms with van der Waals surface area (Å²) < 4.78 is 19.5. The summed E-state index contributed by atoms with van der Waals surface area (Å²) in [5.41, 5.74) is 4.05. The van der Waals surface area contributed by atoms with Crippen LogP contribution in [0.1, 0.15) is 38.0 Å². The van der Waals surface area contributed by atoms with Crippen LogP contribution in [0, 0.1) is 6.92 Å². The van der Waals surface area contributed by atoms with Crippen molar-refractivity contribution in [2.45, 2.75) is 45.4 Å². The highest BCUT2D eigenvalue weighted by molar-refractivity contribution is 7.13. The molecule has 1 unspecified atom stereocenters. The van der Waals surface area contributed by atoms with Gasteiger partial charge in [-0.05, 0) is 62.3 Å². The lowest BCUT2D eigenvalue weighted by molar-refractivity contribution is -0.0383. The Hall–Kier alpha value is -2.03. The van der Waals surface area contributed by atoms with Crippen LogP contribution in [0.15, 0.2) is 18.3 Å². The number of nitrogens with zero attached hydrogens (tertiary/aromatic N) is 5. The van der Waals surface area contributed by atoms with Gasteiger partial charge in [-0.1, -0.05) is 0 Å². The molecular weight excluding hydrogens is 374 g/mol. The van der Waals surface area contributed by atoms with Crippen molar-refractivity contribution < 1.29 is 9.47 Å². The van der Waals surface area contributed by atoms with Gasteiger partial charge in [0.1, 0.15) is 17.0 Å². The maximum Gasteiger partial charge on any atom is 0.150 e. The van der Waals surface area contributed by atoms with Crippen molar-refractivity contribution in [3.63, 3.8) is 0 Å². The summed E-state index contributed by atoms with van der Waals surface area (Å²) >= 11 is 1.51. The van der Waals surface area contributed by atoms with Gasteiger partial charge in [-0.25, -0.2) is 9.67 Å². The van der Waals surface area contributed by atoms with Crippen LogP contribution in [-0.2, 0) is 9.47 Å². The highest BCUT2D eigenvalue weighted by atomic mass is 32.1. The summed E-state index contributed by atoms with van der Waals surface area (Å²) in [4.78, 5) is 7.38. The Labute approximate surface area is 168 Å². The van der Waals surface area contributed by atoms with E-state index in [9.17, 15) is 0 Å². The molecule has 0 spiro atoms. The van der Waals surface area contributed by atoms with E-state index in [2.05, 4.69) is 29.9 Å². The molecule has 0 saturated carbocycles. The van der Waals surface area contributed by atoms with Crippen LogP contribution in [-0.4, -0.2) is 51.5 Å². The fourth-order valence-corrected chi connectivity index (χ4v) is 4.88. The van der Waals surface area contributed by atoms with E-state index in [0.717, 1.165) is 73.1 Å². The zero-order valence-electron chi connectivity index (χ0n) is 16.3. The van der Waals surface area contributed by atoms with Gasteiger partial charge in [0.05, 0.1) is 29.6 Å². The standard InChI is InChI=1S/C20H25N5O2S/c1-13-11-16(24-8-10-26-12-14(24)2)22-19-18(23-28-20(13)19)15-6-7-21-25(15)17-5-3-4-9-27-17/h6-7,11,14,17H,3-5,8-10,12H2,1-2H3/t14-,17?/m1/s1. The summed E-state index contributed by atoms with van der Waals surface area (Å²) in [5.74, 6) is 1.00. The molecule has 0 radical (unpaired) electrons. The van der Waals surface area contributed by atoms with E-state index in [1.807, 2.05) is 16.9 Å². The van der Waals surface area contributed by atoms with Gasteiger partial charge in [-0.2, -0.15) is 9.47 Å². The third kappa shape index (κ3) is 3.09. The fraction of sp³-hybridized carbons (Fsp3) is 0.550. The van der Waals surface area contributed by atoms with E-state index in [-0.39, 0.29) is 6.23 Å². The number of hydrogen-bond acceptors (Lipinski definition) is 7. The van der Waals surface area contributed by atoms with E-state index in [4.69, 9.17) is 18.8 Å². The van der Waals surface area contributed by atoms with Crippen molar-refractivity contribution in [3.8, 4) is 11.4 Å². The number of fused-ring (bicyclic) bond motifs is 1. The van der Waals surface area contributed by atoms with Crippen LogP contribution in [0.2, 0.25) is 0 Å². The van der Waals surface area contributed by atoms with Crippen LogP contribution in [0.3, 0.4) is 0 Å². The van der Waals surface area contributed by atoms with Gasteiger partial charge in [0.25, 0.3) is 0 Å². The van der Waals surface area contributed by atoms with Crippen LogP contribution in [0.25, 0.3) is 21.6 Å². The van der Waals surface area contributed by atoms with Crippen LogP contribution in [0.4, 0.5) is 5.82 Å². The maximum absolute atomic E-state index is 5.96. The zero-order valence-corrected chi connectivity index (χ0v) is 17.1. The Bertz CT molecular complexity index is 978. The topological polar surface area (TPSA) is 65.3 Å². The smallest absolute Gasteiger partial charge is 0.150 e. The average Bonchev–Trinajstić information content (AvgIpc) is 3.36. The molecule has 0 bridgehead atoms.